The predicted molar refractivity (Wildman–Crippen MR) is 108 cm³/mol. The lowest BCUT2D eigenvalue weighted by Crippen LogP contribution is -2.58. The summed E-state index contributed by atoms with van der Waals surface area (Å²) in [4.78, 5) is 31.5. The molecule has 0 radical (unpaired) electrons. The van der Waals surface area contributed by atoms with E-state index in [2.05, 4.69) is 10.2 Å². The topological polar surface area (TPSA) is 55.9 Å². The molecule has 27 heavy (non-hydrogen) atoms. The van der Waals surface area contributed by atoms with Gasteiger partial charge in [-0.15, -0.1) is 0 Å². The number of urea groups is 1. The molecule has 1 aromatic rings. The highest BCUT2D eigenvalue weighted by molar-refractivity contribution is 5.89. The molecule has 0 aromatic heterocycles. The molecule has 1 aromatic carbocycles. The molecule has 1 N–H and O–H groups in total. The second kappa shape index (κ2) is 9.22. The standard InChI is InChI=1S/C21H32N4O2/c1-3-23(2)20(26)19(17-9-7-8-10-17)24-13-15-25(16-14-24)21(27)22-18-11-5-4-6-12-18/h4-6,11-12,17,19H,3,7-10,13-16H2,1-2H3,(H,22,27)/t19-/m1/s1. The number of hydrogen-bond donors (Lipinski definition) is 1. The number of nitrogens with one attached hydrogen (secondary N) is 1. The Morgan fingerprint density at radius 1 is 1.11 bits per heavy atom. The molecule has 1 saturated carbocycles. The van der Waals surface area contributed by atoms with Crippen molar-refractivity contribution >= 4 is 17.6 Å². The maximum Gasteiger partial charge on any atom is 0.321 e. The Hall–Kier alpha value is -2.08. The van der Waals surface area contributed by atoms with E-state index in [9.17, 15) is 9.59 Å². The normalized spacial score (nSPS) is 19.7. The number of rotatable bonds is 5. The van der Waals surface area contributed by atoms with Gasteiger partial charge < -0.3 is 15.1 Å². The number of benzene rings is 1. The molecule has 1 saturated heterocycles. The van der Waals surface area contributed by atoms with Gasteiger partial charge in [-0.25, -0.2) is 4.79 Å². The van der Waals surface area contributed by atoms with E-state index in [0.29, 0.717) is 19.0 Å². The number of likely N-dealkylation sites (N-methyl/N-ethyl adjacent to an activating group) is 1. The van der Waals surface area contributed by atoms with E-state index in [1.807, 2.05) is 54.1 Å². The van der Waals surface area contributed by atoms with Gasteiger partial charge in [0.25, 0.3) is 0 Å². The van der Waals surface area contributed by atoms with Crippen molar-refractivity contribution in [1.29, 1.82) is 0 Å². The highest BCUT2D eigenvalue weighted by Gasteiger charge is 2.38. The highest BCUT2D eigenvalue weighted by Crippen LogP contribution is 2.31. The molecule has 1 aliphatic heterocycles. The molecule has 0 unspecified atom stereocenters. The maximum absolute atomic E-state index is 13.0. The van der Waals surface area contributed by atoms with E-state index in [1.54, 1.807) is 0 Å². The minimum atomic E-state index is -0.0599. The summed E-state index contributed by atoms with van der Waals surface area (Å²) in [6.07, 6.45) is 4.73. The Morgan fingerprint density at radius 3 is 2.33 bits per heavy atom. The fraction of sp³-hybridized carbons (Fsp3) is 0.619. The number of carbonyl (C=O) groups is 2. The Labute approximate surface area is 162 Å². The van der Waals surface area contributed by atoms with Crippen LogP contribution >= 0.6 is 0 Å². The summed E-state index contributed by atoms with van der Waals surface area (Å²) in [5.41, 5.74) is 0.813. The van der Waals surface area contributed by atoms with Crippen molar-refractivity contribution in [3.05, 3.63) is 30.3 Å². The van der Waals surface area contributed by atoms with E-state index in [-0.39, 0.29) is 18.0 Å². The predicted octanol–water partition coefficient (Wildman–Crippen LogP) is 2.87. The fourth-order valence-electron chi connectivity index (χ4n) is 4.24. The van der Waals surface area contributed by atoms with E-state index in [4.69, 9.17) is 0 Å². The van der Waals surface area contributed by atoms with Crippen molar-refractivity contribution in [1.82, 2.24) is 14.7 Å². The third kappa shape index (κ3) is 4.80. The molecule has 3 amide bonds. The number of piperazine rings is 1. The number of hydrogen-bond acceptors (Lipinski definition) is 3. The average Bonchev–Trinajstić information content (AvgIpc) is 3.23. The van der Waals surface area contributed by atoms with Crippen molar-refractivity contribution in [2.75, 3.05) is 45.1 Å². The molecular weight excluding hydrogens is 340 g/mol. The van der Waals surface area contributed by atoms with Crippen molar-refractivity contribution in [2.45, 2.75) is 38.6 Å². The SMILES string of the molecule is CCN(C)C(=O)[C@@H](C1CCCC1)N1CCN(C(=O)Nc2ccccc2)CC1. The molecule has 2 aliphatic rings. The number of anilines is 1. The van der Waals surface area contributed by atoms with Crippen LogP contribution in [0.25, 0.3) is 0 Å². The van der Waals surface area contributed by atoms with Crippen LogP contribution in [0.2, 0.25) is 0 Å². The van der Waals surface area contributed by atoms with Crippen LogP contribution in [0.4, 0.5) is 10.5 Å². The van der Waals surface area contributed by atoms with Crippen molar-refractivity contribution in [3.8, 4) is 0 Å². The monoisotopic (exact) mass is 372 g/mol. The van der Waals surface area contributed by atoms with Gasteiger partial charge in [-0.05, 0) is 37.8 Å². The van der Waals surface area contributed by atoms with Crippen molar-refractivity contribution in [3.63, 3.8) is 0 Å². The first-order valence-corrected chi connectivity index (χ1v) is 10.2. The van der Waals surface area contributed by atoms with Crippen LogP contribution in [0.15, 0.2) is 30.3 Å². The molecule has 1 heterocycles. The van der Waals surface area contributed by atoms with Crippen LogP contribution in [-0.2, 0) is 4.79 Å². The molecule has 6 nitrogen and oxygen atoms in total. The van der Waals surface area contributed by atoms with Gasteiger partial charge in [0.1, 0.15) is 0 Å². The Bertz CT molecular complexity index is 622. The second-order valence-electron chi connectivity index (χ2n) is 7.66. The third-order valence-electron chi connectivity index (χ3n) is 5.97. The molecule has 148 valence electrons. The summed E-state index contributed by atoms with van der Waals surface area (Å²) in [6, 6.07) is 9.45. The van der Waals surface area contributed by atoms with Gasteiger partial charge in [-0.1, -0.05) is 31.0 Å². The first-order valence-electron chi connectivity index (χ1n) is 10.2. The van der Waals surface area contributed by atoms with Crippen LogP contribution in [0, 0.1) is 5.92 Å². The maximum atomic E-state index is 13.0. The summed E-state index contributed by atoms with van der Waals surface area (Å²) in [6.45, 7) is 5.59. The summed E-state index contributed by atoms with van der Waals surface area (Å²) in [5, 5.41) is 2.95. The second-order valence-corrected chi connectivity index (χ2v) is 7.66. The minimum Gasteiger partial charge on any atom is -0.345 e. The van der Waals surface area contributed by atoms with Gasteiger partial charge >= 0.3 is 6.03 Å². The summed E-state index contributed by atoms with van der Waals surface area (Å²) in [5.74, 6) is 0.697. The van der Waals surface area contributed by atoms with E-state index in [1.165, 1.54) is 12.8 Å². The Morgan fingerprint density at radius 2 is 1.74 bits per heavy atom. The average molecular weight is 373 g/mol. The smallest absolute Gasteiger partial charge is 0.321 e. The van der Waals surface area contributed by atoms with Crippen molar-refractivity contribution in [2.24, 2.45) is 5.92 Å². The number of carbonyl (C=O) groups excluding carboxylic acids is 2. The Balaban J connectivity index is 1.59. The zero-order valence-electron chi connectivity index (χ0n) is 16.6. The first kappa shape index (κ1) is 19.7. The lowest BCUT2D eigenvalue weighted by Gasteiger charge is -2.41. The quantitative estimate of drug-likeness (QED) is 0.865. The largest absolute Gasteiger partial charge is 0.345 e. The Kier molecular flexibility index (Phi) is 6.72. The molecule has 2 fully saturated rings. The molecule has 6 heteroatoms. The minimum absolute atomic E-state index is 0.0308. The van der Waals surface area contributed by atoms with Gasteiger partial charge in [0, 0.05) is 45.5 Å². The molecule has 3 rings (SSSR count). The third-order valence-corrected chi connectivity index (χ3v) is 5.97. The molecule has 0 bridgehead atoms. The highest BCUT2D eigenvalue weighted by atomic mass is 16.2. The van der Waals surface area contributed by atoms with E-state index in [0.717, 1.165) is 38.2 Å². The van der Waals surface area contributed by atoms with Crippen LogP contribution in [0.1, 0.15) is 32.6 Å². The van der Waals surface area contributed by atoms with E-state index < -0.39 is 0 Å². The van der Waals surface area contributed by atoms with E-state index >= 15 is 0 Å². The lowest BCUT2D eigenvalue weighted by molar-refractivity contribution is -0.138. The fourth-order valence-corrected chi connectivity index (χ4v) is 4.24. The first-order chi connectivity index (χ1) is 13.1. The van der Waals surface area contributed by atoms with Crippen LogP contribution < -0.4 is 5.32 Å². The van der Waals surface area contributed by atoms with Gasteiger partial charge in [-0.2, -0.15) is 0 Å². The van der Waals surface area contributed by atoms with Gasteiger partial charge in [0.2, 0.25) is 5.91 Å². The summed E-state index contributed by atoms with van der Waals surface area (Å²) < 4.78 is 0. The zero-order chi connectivity index (χ0) is 19.2. The van der Waals surface area contributed by atoms with Crippen molar-refractivity contribution < 1.29 is 9.59 Å². The lowest BCUT2D eigenvalue weighted by atomic mass is 9.94. The van der Waals surface area contributed by atoms with Gasteiger partial charge in [0.05, 0.1) is 6.04 Å². The van der Waals surface area contributed by atoms with Gasteiger partial charge in [-0.3, -0.25) is 9.69 Å². The van der Waals surface area contributed by atoms with Crippen LogP contribution in [-0.4, -0.2) is 72.5 Å². The zero-order valence-corrected chi connectivity index (χ0v) is 16.6. The molecular formula is C21H32N4O2. The number of amides is 3. The number of nitrogens with zero attached hydrogens (tertiary/aromatic N) is 3. The van der Waals surface area contributed by atoms with Crippen LogP contribution in [0.5, 0.6) is 0 Å². The molecule has 1 atom stereocenters. The molecule has 0 spiro atoms. The number of para-hydroxylation sites is 1. The van der Waals surface area contributed by atoms with Gasteiger partial charge in [0.15, 0.2) is 0 Å². The summed E-state index contributed by atoms with van der Waals surface area (Å²) >= 11 is 0. The molecule has 1 aliphatic carbocycles. The van der Waals surface area contributed by atoms with Crippen LogP contribution in [0.3, 0.4) is 0 Å². The summed E-state index contributed by atoms with van der Waals surface area (Å²) in [7, 11) is 1.90.